The van der Waals surface area contributed by atoms with E-state index in [4.69, 9.17) is 11.6 Å². The number of anilines is 1. The summed E-state index contributed by atoms with van der Waals surface area (Å²) in [5, 5.41) is 2.82. The fraction of sp³-hybridized carbons (Fsp3) is 0.643. The Labute approximate surface area is 121 Å². The second kappa shape index (κ2) is 4.52. The first-order valence-electron chi connectivity index (χ1n) is 6.45. The van der Waals surface area contributed by atoms with Gasteiger partial charge in [-0.3, -0.25) is 0 Å². The molecule has 1 aliphatic rings. The minimum Gasteiger partial charge on any atom is -0.370 e. The van der Waals surface area contributed by atoms with Crippen LogP contribution in [0.25, 0.3) is 0 Å². The Morgan fingerprint density at radius 2 is 1.75 bits per heavy atom. The highest BCUT2D eigenvalue weighted by molar-refractivity contribution is 6.29. The largest absolute Gasteiger partial charge is 0.416 e. The average molecular weight is 307 g/mol. The lowest BCUT2D eigenvalue weighted by Gasteiger charge is -2.11. The van der Waals surface area contributed by atoms with Gasteiger partial charge in [0.15, 0.2) is 0 Å². The van der Waals surface area contributed by atoms with E-state index >= 15 is 0 Å². The van der Waals surface area contributed by atoms with E-state index in [2.05, 4.69) is 38.0 Å². The Balaban J connectivity index is 2.10. The number of halogens is 4. The van der Waals surface area contributed by atoms with E-state index in [-0.39, 0.29) is 21.8 Å². The van der Waals surface area contributed by atoms with Gasteiger partial charge in [0.2, 0.25) is 0 Å². The number of hydrogen-bond acceptors (Lipinski definition) is 2. The van der Waals surface area contributed by atoms with Crippen LogP contribution in [0, 0.1) is 16.7 Å². The number of aromatic nitrogens is 1. The molecule has 6 heteroatoms. The van der Waals surface area contributed by atoms with E-state index in [1.165, 1.54) is 0 Å². The van der Waals surface area contributed by atoms with Gasteiger partial charge >= 0.3 is 6.18 Å². The number of nitrogens with one attached hydrogen (secondary N) is 1. The standard InChI is InChI=1S/C14H18ClF3N2/c1-12(2)9(13(12,3)4)7-19-11-6-8(14(16,17)18)5-10(15)20-11/h5-6,9H,7H2,1-4H3,(H,19,20). The van der Waals surface area contributed by atoms with Gasteiger partial charge in [0.05, 0.1) is 5.56 Å². The number of nitrogens with zero attached hydrogens (tertiary/aromatic N) is 1. The van der Waals surface area contributed by atoms with E-state index < -0.39 is 11.7 Å². The molecule has 2 nitrogen and oxygen atoms in total. The highest BCUT2D eigenvalue weighted by Gasteiger charge is 2.64. The Bertz CT molecular complexity index is 510. The van der Waals surface area contributed by atoms with Gasteiger partial charge in [-0.15, -0.1) is 0 Å². The molecule has 0 atom stereocenters. The molecule has 2 rings (SSSR count). The van der Waals surface area contributed by atoms with Crippen molar-refractivity contribution < 1.29 is 13.2 Å². The summed E-state index contributed by atoms with van der Waals surface area (Å²) in [4.78, 5) is 3.90. The van der Waals surface area contributed by atoms with Crippen LogP contribution in [0.15, 0.2) is 12.1 Å². The van der Waals surface area contributed by atoms with E-state index in [9.17, 15) is 13.2 Å². The van der Waals surface area contributed by atoms with Gasteiger partial charge in [-0.2, -0.15) is 13.2 Å². The van der Waals surface area contributed by atoms with Crippen molar-refractivity contribution in [2.75, 3.05) is 11.9 Å². The predicted octanol–water partition coefficient (Wildman–Crippen LogP) is 4.85. The third kappa shape index (κ3) is 2.60. The quantitative estimate of drug-likeness (QED) is 0.808. The smallest absolute Gasteiger partial charge is 0.370 e. The van der Waals surface area contributed by atoms with Gasteiger partial charge in [-0.25, -0.2) is 4.98 Å². The first-order valence-corrected chi connectivity index (χ1v) is 6.82. The number of rotatable bonds is 3. The van der Waals surface area contributed by atoms with Crippen LogP contribution < -0.4 is 5.32 Å². The molecule has 0 aliphatic heterocycles. The Morgan fingerprint density at radius 1 is 1.20 bits per heavy atom. The maximum Gasteiger partial charge on any atom is 0.416 e. The van der Waals surface area contributed by atoms with E-state index in [1.54, 1.807) is 0 Å². The molecular formula is C14H18ClF3N2. The first kappa shape index (κ1) is 15.4. The molecule has 0 amide bonds. The molecule has 1 aliphatic carbocycles. The van der Waals surface area contributed by atoms with Gasteiger partial charge in [-0.05, 0) is 28.9 Å². The highest BCUT2D eigenvalue weighted by Crippen LogP contribution is 2.68. The molecule has 0 unspecified atom stereocenters. The van der Waals surface area contributed by atoms with E-state index in [1.807, 2.05) is 0 Å². The summed E-state index contributed by atoms with van der Waals surface area (Å²) in [6.07, 6.45) is -4.42. The first-order chi connectivity index (χ1) is 8.96. The van der Waals surface area contributed by atoms with Crippen LogP contribution >= 0.6 is 11.6 Å². The van der Waals surface area contributed by atoms with Gasteiger partial charge in [-0.1, -0.05) is 39.3 Å². The fourth-order valence-corrected chi connectivity index (χ4v) is 3.01. The van der Waals surface area contributed by atoms with Crippen LogP contribution in [0.1, 0.15) is 33.3 Å². The fourth-order valence-electron chi connectivity index (χ4n) is 2.80. The minimum absolute atomic E-state index is 0.156. The molecule has 1 heterocycles. The van der Waals surface area contributed by atoms with Crippen LogP contribution in [-0.2, 0) is 6.18 Å². The van der Waals surface area contributed by atoms with Gasteiger partial charge in [0, 0.05) is 6.54 Å². The Hall–Kier alpha value is -0.970. The molecule has 112 valence electrons. The Kier molecular flexibility index (Phi) is 3.48. The topological polar surface area (TPSA) is 24.9 Å². The molecule has 0 saturated heterocycles. The van der Waals surface area contributed by atoms with Crippen LogP contribution in [0.4, 0.5) is 19.0 Å². The van der Waals surface area contributed by atoms with Crippen molar-refractivity contribution in [2.24, 2.45) is 16.7 Å². The zero-order valence-electron chi connectivity index (χ0n) is 11.9. The summed E-state index contributed by atoms with van der Waals surface area (Å²) in [7, 11) is 0. The zero-order chi connectivity index (χ0) is 15.3. The van der Waals surface area contributed by atoms with E-state index in [0.717, 1.165) is 12.1 Å². The molecule has 0 aromatic carbocycles. The number of hydrogen-bond donors (Lipinski definition) is 1. The SMILES string of the molecule is CC1(C)C(CNc2cc(C(F)(F)F)cc(Cl)n2)C1(C)C. The summed E-state index contributed by atoms with van der Waals surface area (Å²) < 4.78 is 38.1. The second-order valence-corrected chi connectivity index (χ2v) is 6.83. The lowest BCUT2D eigenvalue weighted by molar-refractivity contribution is -0.137. The zero-order valence-corrected chi connectivity index (χ0v) is 12.7. The van der Waals surface area contributed by atoms with Crippen molar-refractivity contribution in [3.05, 3.63) is 22.8 Å². The van der Waals surface area contributed by atoms with Gasteiger partial charge < -0.3 is 5.32 Å². The summed E-state index contributed by atoms with van der Waals surface area (Å²) in [6.45, 7) is 9.22. The van der Waals surface area contributed by atoms with Crippen LogP contribution in [0.3, 0.4) is 0 Å². The molecule has 1 aromatic rings. The molecule has 0 spiro atoms. The van der Waals surface area contributed by atoms with Crippen molar-refractivity contribution in [3.63, 3.8) is 0 Å². The normalized spacial score (nSPS) is 20.8. The molecule has 1 aromatic heterocycles. The number of alkyl halides is 3. The molecule has 1 fully saturated rings. The molecular weight excluding hydrogens is 289 g/mol. The summed E-state index contributed by atoms with van der Waals surface area (Å²) in [5.41, 5.74) is -0.439. The minimum atomic E-state index is -4.42. The van der Waals surface area contributed by atoms with Crippen molar-refractivity contribution in [3.8, 4) is 0 Å². The van der Waals surface area contributed by atoms with Crippen LogP contribution in [-0.4, -0.2) is 11.5 Å². The predicted molar refractivity (Wildman–Crippen MR) is 73.8 cm³/mol. The summed E-state index contributed by atoms with van der Waals surface area (Å²) >= 11 is 5.65. The average Bonchev–Trinajstić information content (AvgIpc) is 2.65. The molecule has 20 heavy (non-hydrogen) atoms. The summed E-state index contributed by atoms with van der Waals surface area (Å²) in [5.74, 6) is 0.563. The number of pyridine rings is 1. The maximum atomic E-state index is 12.7. The van der Waals surface area contributed by atoms with Crippen molar-refractivity contribution in [1.82, 2.24) is 4.98 Å². The van der Waals surface area contributed by atoms with Gasteiger partial charge in [0.1, 0.15) is 11.0 Å². The molecule has 0 bridgehead atoms. The third-order valence-corrected chi connectivity index (χ3v) is 5.12. The molecule has 1 N–H and O–H groups in total. The van der Waals surface area contributed by atoms with Crippen molar-refractivity contribution in [1.29, 1.82) is 0 Å². The van der Waals surface area contributed by atoms with Crippen molar-refractivity contribution >= 4 is 17.4 Å². The van der Waals surface area contributed by atoms with Crippen LogP contribution in [0.2, 0.25) is 5.15 Å². The van der Waals surface area contributed by atoms with Crippen LogP contribution in [0.5, 0.6) is 0 Å². The Morgan fingerprint density at radius 3 is 2.20 bits per heavy atom. The van der Waals surface area contributed by atoms with Crippen molar-refractivity contribution in [2.45, 2.75) is 33.9 Å². The summed E-state index contributed by atoms with van der Waals surface area (Å²) in [6, 6.07) is 1.83. The lowest BCUT2D eigenvalue weighted by Crippen LogP contribution is -2.12. The molecule has 1 saturated carbocycles. The second-order valence-electron chi connectivity index (χ2n) is 6.44. The van der Waals surface area contributed by atoms with Gasteiger partial charge in [0.25, 0.3) is 0 Å². The highest BCUT2D eigenvalue weighted by atomic mass is 35.5. The monoisotopic (exact) mass is 306 g/mol. The van der Waals surface area contributed by atoms with E-state index in [0.29, 0.717) is 12.5 Å². The third-order valence-electron chi connectivity index (χ3n) is 4.93. The maximum absolute atomic E-state index is 12.7. The lowest BCUT2D eigenvalue weighted by atomic mass is 10.0. The molecule has 0 radical (unpaired) electrons.